The van der Waals surface area contributed by atoms with Crippen LogP contribution in [0.5, 0.6) is 0 Å². The van der Waals surface area contributed by atoms with E-state index in [0.717, 1.165) is 54.7 Å². The Labute approximate surface area is 291 Å². The summed E-state index contributed by atoms with van der Waals surface area (Å²) in [7, 11) is -0.487. The number of aromatic nitrogens is 1. The van der Waals surface area contributed by atoms with Gasteiger partial charge in [-0.25, -0.2) is 13.1 Å². The number of benzene rings is 3. The lowest BCUT2D eigenvalue weighted by Gasteiger charge is -2.30. The van der Waals surface area contributed by atoms with Crippen LogP contribution in [0.4, 0.5) is 17.1 Å². The van der Waals surface area contributed by atoms with Crippen molar-refractivity contribution in [2.24, 2.45) is 0 Å². The van der Waals surface area contributed by atoms with Crippen molar-refractivity contribution in [2.45, 2.75) is 35.1 Å². The Kier molecular flexibility index (Phi) is 12.1. The molecule has 3 aromatic carbocycles. The van der Waals surface area contributed by atoms with E-state index >= 15 is 0 Å². The summed E-state index contributed by atoms with van der Waals surface area (Å²) < 4.78 is 28.5. The van der Waals surface area contributed by atoms with Crippen LogP contribution in [0, 0.1) is 10.1 Å². The van der Waals surface area contributed by atoms with Crippen molar-refractivity contribution in [3.8, 4) is 0 Å². The van der Waals surface area contributed by atoms with Gasteiger partial charge in [-0.1, -0.05) is 35.9 Å². The summed E-state index contributed by atoms with van der Waals surface area (Å²) in [5.41, 5.74) is 3.34. The van der Waals surface area contributed by atoms with Crippen LogP contribution in [-0.4, -0.2) is 74.7 Å². The van der Waals surface area contributed by atoms with Crippen molar-refractivity contribution in [2.75, 3.05) is 49.7 Å². The van der Waals surface area contributed by atoms with Crippen molar-refractivity contribution >= 4 is 50.8 Å². The monoisotopic (exact) mass is 700 g/mol. The molecule has 1 aromatic heterocycles. The third kappa shape index (κ3) is 10.1. The molecule has 0 spiro atoms. The molecule has 1 aliphatic heterocycles. The molecule has 0 radical (unpaired) electrons. The number of nitro groups is 1. The Morgan fingerprint density at radius 3 is 2.43 bits per heavy atom. The topological polar surface area (TPSA) is 138 Å². The summed E-state index contributed by atoms with van der Waals surface area (Å²) in [6.45, 7) is 2.39. The SMILES string of the molecule is CN(C)CCC(CSc1ccccc1)Nc1ccc(S(=O)(=O)NC(=O)c2ccc(N3CCC(=Cc4cccnc4)CC3)cc2)cc1[N+](=O)[O-]. The lowest BCUT2D eigenvalue weighted by atomic mass is 10.0. The molecule has 2 heterocycles. The second-order valence-electron chi connectivity index (χ2n) is 12.1. The van der Waals surface area contributed by atoms with Crippen LogP contribution < -0.4 is 14.9 Å². The smallest absolute Gasteiger partial charge is 0.293 e. The molecule has 2 N–H and O–H groups in total. The Morgan fingerprint density at radius 2 is 1.78 bits per heavy atom. The fourth-order valence-electron chi connectivity index (χ4n) is 5.45. The van der Waals surface area contributed by atoms with Gasteiger partial charge in [0.2, 0.25) is 0 Å². The van der Waals surface area contributed by atoms with E-state index in [-0.39, 0.29) is 27.9 Å². The Hall–Kier alpha value is -4.72. The number of hydrogen-bond donors (Lipinski definition) is 2. The van der Waals surface area contributed by atoms with E-state index in [4.69, 9.17) is 0 Å². The van der Waals surface area contributed by atoms with Gasteiger partial charge in [0.15, 0.2) is 0 Å². The molecule has 49 heavy (non-hydrogen) atoms. The van der Waals surface area contributed by atoms with Crippen molar-refractivity contribution in [1.82, 2.24) is 14.6 Å². The van der Waals surface area contributed by atoms with Crippen LogP contribution >= 0.6 is 11.8 Å². The molecule has 13 heteroatoms. The predicted molar refractivity (Wildman–Crippen MR) is 196 cm³/mol. The fraction of sp³-hybridized carbons (Fsp3) is 0.278. The minimum Gasteiger partial charge on any atom is -0.376 e. The molecule has 1 aliphatic rings. The number of nitrogens with zero attached hydrogens (tertiary/aromatic N) is 4. The zero-order valence-electron chi connectivity index (χ0n) is 27.5. The van der Waals surface area contributed by atoms with E-state index in [1.54, 1.807) is 42.2 Å². The van der Waals surface area contributed by atoms with Crippen molar-refractivity contribution in [3.05, 3.63) is 124 Å². The number of anilines is 2. The Balaban J connectivity index is 1.23. The van der Waals surface area contributed by atoms with Crippen LogP contribution in [-0.2, 0) is 10.0 Å². The van der Waals surface area contributed by atoms with Gasteiger partial charge < -0.3 is 15.1 Å². The van der Waals surface area contributed by atoms with Gasteiger partial charge in [-0.3, -0.25) is 19.9 Å². The number of pyridine rings is 1. The van der Waals surface area contributed by atoms with Crippen molar-refractivity contribution in [1.29, 1.82) is 0 Å². The summed E-state index contributed by atoms with van der Waals surface area (Å²) in [6, 6.07) is 24.1. The van der Waals surface area contributed by atoms with E-state index in [9.17, 15) is 23.3 Å². The number of piperidine rings is 1. The lowest BCUT2D eigenvalue weighted by Crippen LogP contribution is -2.31. The summed E-state index contributed by atoms with van der Waals surface area (Å²) in [4.78, 5) is 33.6. The molecule has 4 aromatic rings. The van der Waals surface area contributed by atoms with Crippen LogP contribution in [0.3, 0.4) is 0 Å². The van der Waals surface area contributed by atoms with Gasteiger partial charge in [0.05, 0.1) is 9.82 Å². The first-order valence-corrected chi connectivity index (χ1v) is 18.4. The average Bonchev–Trinajstić information content (AvgIpc) is 3.10. The zero-order valence-corrected chi connectivity index (χ0v) is 29.1. The summed E-state index contributed by atoms with van der Waals surface area (Å²) in [5, 5.41) is 15.4. The number of carbonyl (C=O) groups excluding carboxylic acids is 1. The molecular weight excluding hydrogens is 661 g/mol. The largest absolute Gasteiger partial charge is 0.376 e. The summed E-state index contributed by atoms with van der Waals surface area (Å²) >= 11 is 1.63. The van der Waals surface area contributed by atoms with Crippen LogP contribution in [0.25, 0.3) is 6.08 Å². The van der Waals surface area contributed by atoms with E-state index in [2.05, 4.69) is 26.0 Å². The predicted octanol–water partition coefficient (Wildman–Crippen LogP) is 6.32. The number of nitrogens with one attached hydrogen (secondary N) is 2. The number of hydrogen-bond acceptors (Lipinski definition) is 10. The van der Waals surface area contributed by atoms with Crippen LogP contribution in [0.2, 0.25) is 0 Å². The average molecular weight is 701 g/mol. The number of sulfonamides is 1. The third-order valence-electron chi connectivity index (χ3n) is 8.14. The minimum absolute atomic E-state index is 0.133. The van der Waals surface area contributed by atoms with Gasteiger partial charge in [0.1, 0.15) is 5.69 Å². The van der Waals surface area contributed by atoms with Gasteiger partial charge in [0, 0.05) is 59.5 Å². The molecule has 1 amide bonds. The van der Waals surface area contributed by atoms with Crippen molar-refractivity contribution < 1.29 is 18.1 Å². The quantitative estimate of drug-likeness (QED) is 0.0874. The number of amides is 1. The molecule has 256 valence electrons. The van der Waals surface area contributed by atoms with Gasteiger partial charge in [-0.05, 0) is 100 Å². The summed E-state index contributed by atoms with van der Waals surface area (Å²) in [5.74, 6) is -0.176. The standard InChI is InChI=1S/C36H40N6O5S2/c1-40(2)20-18-30(26-48-32-8-4-3-5-9-32)38-34-15-14-33(24-35(34)42(44)45)49(46,47)39-36(43)29-10-12-31(13-11-29)41-21-16-27(17-22-41)23-28-7-6-19-37-25-28/h3-15,19,23-25,30,38H,16-18,20-22,26H2,1-2H3,(H,39,43). The van der Waals surface area contributed by atoms with Gasteiger partial charge >= 0.3 is 0 Å². The summed E-state index contributed by atoms with van der Waals surface area (Å²) in [6.07, 6.45) is 8.28. The lowest BCUT2D eigenvalue weighted by molar-refractivity contribution is -0.384. The molecule has 1 fully saturated rings. The molecule has 0 saturated carbocycles. The van der Waals surface area contributed by atoms with E-state index in [1.165, 1.54) is 17.7 Å². The molecule has 1 atom stereocenters. The highest BCUT2D eigenvalue weighted by Gasteiger charge is 2.25. The number of thioether (sulfide) groups is 1. The van der Waals surface area contributed by atoms with E-state index < -0.39 is 20.9 Å². The first-order chi connectivity index (χ1) is 23.6. The molecule has 5 rings (SSSR count). The van der Waals surface area contributed by atoms with Crippen LogP contribution in [0.15, 0.2) is 113 Å². The number of nitro benzene ring substituents is 1. The van der Waals surface area contributed by atoms with E-state index in [1.807, 2.05) is 67.7 Å². The number of rotatable bonds is 14. The molecule has 1 saturated heterocycles. The Morgan fingerprint density at radius 1 is 1.04 bits per heavy atom. The van der Waals surface area contributed by atoms with Gasteiger partial charge in [-0.2, -0.15) is 0 Å². The maximum Gasteiger partial charge on any atom is 0.293 e. The Bertz CT molecular complexity index is 1860. The highest BCUT2D eigenvalue weighted by Crippen LogP contribution is 2.30. The first-order valence-electron chi connectivity index (χ1n) is 16.0. The first kappa shape index (κ1) is 35.6. The number of carbonyl (C=O) groups is 1. The second kappa shape index (κ2) is 16.6. The van der Waals surface area contributed by atoms with E-state index in [0.29, 0.717) is 12.2 Å². The second-order valence-corrected chi connectivity index (χ2v) is 14.8. The molecule has 0 aliphatic carbocycles. The van der Waals surface area contributed by atoms with Crippen LogP contribution in [0.1, 0.15) is 35.2 Å². The van der Waals surface area contributed by atoms with Crippen molar-refractivity contribution in [3.63, 3.8) is 0 Å². The third-order valence-corrected chi connectivity index (χ3v) is 10.6. The molecule has 0 bridgehead atoms. The molecule has 1 unspecified atom stereocenters. The molecular formula is C36H40N6O5S2. The fourth-order valence-corrected chi connectivity index (χ4v) is 7.44. The normalized spacial score (nSPS) is 13.9. The minimum atomic E-state index is -4.40. The maximum absolute atomic E-state index is 13.2. The highest BCUT2D eigenvalue weighted by molar-refractivity contribution is 7.99. The van der Waals surface area contributed by atoms with Gasteiger partial charge in [0.25, 0.3) is 21.6 Å². The zero-order chi connectivity index (χ0) is 34.8. The molecule has 11 nitrogen and oxygen atoms in total. The maximum atomic E-state index is 13.2. The highest BCUT2D eigenvalue weighted by atomic mass is 32.2. The van der Waals surface area contributed by atoms with Gasteiger partial charge in [-0.15, -0.1) is 11.8 Å².